The number of nitrogens with zero attached hydrogens (tertiary/aromatic N) is 1. The van der Waals surface area contributed by atoms with E-state index < -0.39 is 12.6 Å². The standard InChI is InChI=1S/C9H15NO4/c1-7-2-3-10(4-7)8(11)5-14-6-9(12)13/h7H,2-6H2,1H3,(H,12,13). The Morgan fingerprint density at radius 2 is 2.21 bits per heavy atom. The van der Waals surface area contributed by atoms with Crippen molar-refractivity contribution in [2.45, 2.75) is 13.3 Å². The third-order valence-electron chi connectivity index (χ3n) is 2.23. The van der Waals surface area contributed by atoms with Crippen LogP contribution in [0.5, 0.6) is 0 Å². The molecule has 1 atom stereocenters. The van der Waals surface area contributed by atoms with Crippen molar-refractivity contribution in [3.63, 3.8) is 0 Å². The molecule has 1 rings (SSSR count). The zero-order valence-corrected chi connectivity index (χ0v) is 8.23. The smallest absolute Gasteiger partial charge is 0.329 e. The molecule has 1 aliphatic rings. The topological polar surface area (TPSA) is 66.8 Å². The van der Waals surface area contributed by atoms with E-state index >= 15 is 0 Å². The number of aliphatic carboxylic acids is 1. The van der Waals surface area contributed by atoms with Gasteiger partial charge in [0, 0.05) is 13.1 Å². The SMILES string of the molecule is CC1CCN(C(=O)COCC(=O)O)C1. The van der Waals surface area contributed by atoms with E-state index in [1.165, 1.54) is 0 Å². The maximum Gasteiger partial charge on any atom is 0.329 e. The lowest BCUT2D eigenvalue weighted by Gasteiger charge is -2.15. The number of carboxylic acid groups (broad SMARTS) is 1. The van der Waals surface area contributed by atoms with Crippen LogP contribution in [0, 0.1) is 5.92 Å². The van der Waals surface area contributed by atoms with Gasteiger partial charge in [0.25, 0.3) is 0 Å². The predicted molar refractivity (Wildman–Crippen MR) is 48.8 cm³/mol. The van der Waals surface area contributed by atoms with Crippen molar-refractivity contribution in [2.75, 3.05) is 26.3 Å². The van der Waals surface area contributed by atoms with Crippen LogP contribution in [0.3, 0.4) is 0 Å². The van der Waals surface area contributed by atoms with Crippen molar-refractivity contribution in [2.24, 2.45) is 5.92 Å². The Kier molecular flexibility index (Phi) is 3.88. The number of likely N-dealkylation sites (tertiary alicyclic amines) is 1. The quantitative estimate of drug-likeness (QED) is 0.692. The summed E-state index contributed by atoms with van der Waals surface area (Å²) in [6.45, 7) is 3.07. The summed E-state index contributed by atoms with van der Waals surface area (Å²) in [5.74, 6) is -0.624. The first-order valence-electron chi connectivity index (χ1n) is 4.67. The van der Waals surface area contributed by atoms with Crippen molar-refractivity contribution >= 4 is 11.9 Å². The fourth-order valence-electron chi connectivity index (χ4n) is 1.48. The van der Waals surface area contributed by atoms with Gasteiger partial charge in [-0.3, -0.25) is 4.79 Å². The van der Waals surface area contributed by atoms with Gasteiger partial charge in [0.05, 0.1) is 0 Å². The molecule has 1 unspecified atom stereocenters. The second-order valence-electron chi connectivity index (χ2n) is 3.62. The number of hydrogen-bond donors (Lipinski definition) is 1. The first kappa shape index (κ1) is 11.0. The van der Waals surface area contributed by atoms with Crippen molar-refractivity contribution in [3.8, 4) is 0 Å². The number of carbonyl (C=O) groups excluding carboxylic acids is 1. The van der Waals surface area contributed by atoms with E-state index in [1.807, 2.05) is 0 Å². The molecule has 1 aliphatic heterocycles. The zero-order valence-electron chi connectivity index (χ0n) is 8.23. The summed E-state index contributed by atoms with van der Waals surface area (Å²) < 4.78 is 4.71. The molecule has 0 bridgehead atoms. The molecule has 5 heteroatoms. The molecule has 0 saturated carbocycles. The van der Waals surface area contributed by atoms with Crippen LogP contribution in [0.15, 0.2) is 0 Å². The van der Waals surface area contributed by atoms with Crippen LogP contribution in [0.4, 0.5) is 0 Å². The Morgan fingerprint density at radius 3 is 2.71 bits per heavy atom. The summed E-state index contributed by atoms with van der Waals surface area (Å²) in [6.07, 6.45) is 1.02. The van der Waals surface area contributed by atoms with Gasteiger partial charge in [-0.2, -0.15) is 0 Å². The van der Waals surface area contributed by atoms with Crippen molar-refractivity contribution in [1.29, 1.82) is 0 Å². The minimum Gasteiger partial charge on any atom is -0.480 e. The van der Waals surface area contributed by atoms with Gasteiger partial charge in [-0.1, -0.05) is 6.92 Å². The van der Waals surface area contributed by atoms with Gasteiger partial charge >= 0.3 is 5.97 Å². The van der Waals surface area contributed by atoms with Gasteiger partial charge in [-0.15, -0.1) is 0 Å². The third kappa shape index (κ3) is 3.33. The Morgan fingerprint density at radius 1 is 1.50 bits per heavy atom. The van der Waals surface area contributed by atoms with Crippen molar-refractivity contribution in [3.05, 3.63) is 0 Å². The Balaban J connectivity index is 2.18. The largest absolute Gasteiger partial charge is 0.480 e. The van der Waals surface area contributed by atoms with Crippen LogP contribution < -0.4 is 0 Å². The first-order valence-corrected chi connectivity index (χ1v) is 4.67. The predicted octanol–water partition coefficient (Wildman–Crippen LogP) is -0.0440. The fourth-order valence-corrected chi connectivity index (χ4v) is 1.48. The van der Waals surface area contributed by atoms with Gasteiger partial charge in [0.1, 0.15) is 13.2 Å². The van der Waals surface area contributed by atoms with Gasteiger partial charge in [-0.25, -0.2) is 4.79 Å². The minimum absolute atomic E-state index is 0.115. The monoisotopic (exact) mass is 201 g/mol. The molecule has 1 fully saturated rings. The molecule has 1 amide bonds. The third-order valence-corrected chi connectivity index (χ3v) is 2.23. The Bertz CT molecular complexity index is 229. The van der Waals surface area contributed by atoms with Crippen molar-refractivity contribution < 1.29 is 19.4 Å². The molecule has 0 aliphatic carbocycles. The number of ether oxygens (including phenoxy) is 1. The van der Waals surface area contributed by atoms with E-state index in [4.69, 9.17) is 9.84 Å². The highest BCUT2D eigenvalue weighted by Crippen LogP contribution is 2.14. The summed E-state index contributed by atoms with van der Waals surface area (Å²) in [5.41, 5.74) is 0. The first-order chi connectivity index (χ1) is 6.59. The molecule has 0 aromatic rings. The molecule has 0 aromatic carbocycles. The normalized spacial score (nSPS) is 21.2. The zero-order chi connectivity index (χ0) is 10.6. The lowest BCUT2D eigenvalue weighted by atomic mass is 10.2. The summed E-state index contributed by atoms with van der Waals surface area (Å²) in [6, 6.07) is 0. The van der Waals surface area contributed by atoms with Crippen LogP contribution in [0.2, 0.25) is 0 Å². The van der Waals surface area contributed by atoms with Crippen molar-refractivity contribution in [1.82, 2.24) is 4.90 Å². The highest BCUT2D eigenvalue weighted by molar-refractivity contribution is 5.78. The average molecular weight is 201 g/mol. The maximum absolute atomic E-state index is 11.4. The average Bonchev–Trinajstić information content (AvgIpc) is 2.51. The van der Waals surface area contributed by atoms with E-state index in [9.17, 15) is 9.59 Å². The number of carboxylic acids is 1. The van der Waals surface area contributed by atoms with Gasteiger partial charge in [0.2, 0.25) is 5.91 Å². The Labute approximate surface area is 82.6 Å². The highest BCUT2D eigenvalue weighted by atomic mass is 16.5. The van der Waals surface area contributed by atoms with Gasteiger partial charge in [-0.05, 0) is 12.3 Å². The van der Waals surface area contributed by atoms with E-state index in [0.29, 0.717) is 5.92 Å². The number of hydrogen-bond acceptors (Lipinski definition) is 3. The summed E-state index contributed by atoms with van der Waals surface area (Å²) in [7, 11) is 0. The number of carbonyl (C=O) groups is 2. The van der Waals surface area contributed by atoms with E-state index in [-0.39, 0.29) is 12.5 Å². The molecule has 0 radical (unpaired) electrons. The minimum atomic E-state index is -1.05. The van der Waals surface area contributed by atoms with Crippen LogP contribution in [-0.2, 0) is 14.3 Å². The molecule has 5 nitrogen and oxygen atoms in total. The second-order valence-corrected chi connectivity index (χ2v) is 3.62. The number of amides is 1. The lowest BCUT2D eigenvalue weighted by Crippen LogP contribution is -2.32. The van der Waals surface area contributed by atoms with Crippen LogP contribution in [-0.4, -0.2) is 48.2 Å². The molecule has 0 aromatic heterocycles. The molecular formula is C9H15NO4. The van der Waals surface area contributed by atoms with E-state index in [2.05, 4.69) is 6.92 Å². The van der Waals surface area contributed by atoms with E-state index in [0.717, 1.165) is 19.5 Å². The summed E-state index contributed by atoms with van der Waals surface area (Å²) >= 11 is 0. The fraction of sp³-hybridized carbons (Fsp3) is 0.778. The maximum atomic E-state index is 11.4. The molecular weight excluding hydrogens is 186 g/mol. The molecule has 1 saturated heterocycles. The summed E-state index contributed by atoms with van der Waals surface area (Å²) in [4.78, 5) is 23.2. The highest BCUT2D eigenvalue weighted by Gasteiger charge is 2.22. The Hall–Kier alpha value is -1.10. The van der Waals surface area contributed by atoms with Gasteiger partial charge in [0.15, 0.2) is 0 Å². The lowest BCUT2D eigenvalue weighted by molar-refractivity contribution is -0.145. The van der Waals surface area contributed by atoms with E-state index in [1.54, 1.807) is 4.90 Å². The van der Waals surface area contributed by atoms with Crippen LogP contribution in [0.25, 0.3) is 0 Å². The molecule has 14 heavy (non-hydrogen) atoms. The molecule has 1 N–H and O–H groups in total. The second kappa shape index (κ2) is 4.95. The van der Waals surface area contributed by atoms with Gasteiger partial charge < -0.3 is 14.7 Å². The summed E-state index contributed by atoms with van der Waals surface area (Å²) in [5, 5.41) is 8.28. The molecule has 1 heterocycles. The van der Waals surface area contributed by atoms with Crippen LogP contribution in [0.1, 0.15) is 13.3 Å². The molecule has 80 valence electrons. The number of rotatable bonds is 4. The van der Waals surface area contributed by atoms with Crippen LogP contribution >= 0.6 is 0 Å². The molecule has 0 spiro atoms.